The largest absolute Gasteiger partial charge is 0.375 e. The molecule has 0 aliphatic heterocycles. The SMILES string of the molecule is Nc1nc(CC(=O)NCc2cccs2)cs1. The summed E-state index contributed by atoms with van der Waals surface area (Å²) in [7, 11) is 0. The van der Waals surface area contributed by atoms with Gasteiger partial charge in [-0.3, -0.25) is 4.79 Å². The van der Waals surface area contributed by atoms with Crippen LogP contribution in [0, 0.1) is 0 Å². The minimum Gasteiger partial charge on any atom is -0.375 e. The molecule has 0 radical (unpaired) electrons. The average molecular weight is 253 g/mol. The highest BCUT2D eigenvalue weighted by atomic mass is 32.1. The van der Waals surface area contributed by atoms with Crippen LogP contribution in [0.3, 0.4) is 0 Å². The van der Waals surface area contributed by atoms with E-state index in [0.717, 1.165) is 10.6 Å². The fraction of sp³-hybridized carbons (Fsp3) is 0.200. The predicted molar refractivity (Wildman–Crippen MR) is 66.4 cm³/mol. The van der Waals surface area contributed by atoms with Crippen LogP contribution in [0.2, 0.25) is 0 Å². The maximum absolute atomic E-state index is 11.5. The van der Waals surface area contributed by atoms with Crippen LogP contribution in [0.1, 0.15) is 10.6 Å². The van der Waals surface area contributed by atoms with E-state index in [1.807, 2.05) is 17.5 Å². The van der Waals surface area contributed by atoms with Crippen LogP contribution in [-0.4, -0.2) is 10.9 Å². The molecule has 4 nitrogen and oxygen atoms in total. The number of hydrogen-bond donors (Lipinski definition) is 2. The Morgan fingerprint density at radius 2 is 2.38 bits per heavy atom. The lowest BCUT2D eigenvalue weighted by atomic mass is 10.3. The summed E-state index contributed by atoms with van der Waals surface area (Å²) in [5, 5.41) is 7.13. The second kappa shape index (κ2) is 5.09. The number of hydrogen-bond acceptors (Lipinski definition) is 5. The number of thiazole rings is 1. The van der Waals surface area contributed by atoms with E-state index in [-0.39, 0.29) is 5.91 Å². The molecular weight excluding hydrogens is 242 g/mol. The quantitative estimate of drug-likeness (QED) is 0.870. The zero-order valence-corrected chi connectivity index (χ0v) is 10.1. The van der Waals surface area contributed by atoms with Crippen molar-refractivity contribution < 1.29 is 4.79 Å². The van der Waals surface area contributed by atoms with Gasteiger partial charge >= 0.3 is 0 Å². The molecule has 0 aliphatic rings. The van der Waals surface area contributed by atoms with Crippen molar-refractivity contribution in [2.45, 2.75) is 13.0 Å². The van der Waals surface area contributed by atoms with E-state index in [9.17, 15) is 4.79 Å². The normalized spacial score (nSPS) is 10.2. The summed E-state index contributed by atoms with van der Waals surface area (Å²) in [5.74, 6) is -0.0290. The molecule has 0 bridgehead atoms. The molecule has 2 aromatic heterocycles. The summed E-state index contributed by atoms with van der Waals surface area (Å²) in [6.45, 7) is 0.579. The maximum atomic E-state index is 11.5. The summed E-state index contributed by atoms with van der Waals surface area (Å²) >= 11 is 2.98. The van der Waals surface area contributed by atoms with Crippen molar-refractivity contribution in [3.63, 3.8) is 0 Å². The van der Waals surface area contributed by atoms with Crippen LogP contribution in [-0.2, 0) is 17.8 Å². The van der Waals surface area contributed by atoms with E-state index >= 15 is 0 Å². The number of carbonyl (C=O) groups is 1. The first-order chi connectivity index (χ1) is 7.74. The highest BCUT2D eigenvalue weighted by molar-refractivity contribution is 7.13. The van der Waals surface area contributed by atoms with Gasteiger partial charge in [0.15, 0.2) is 5.13 Å². The molecule has 2 aromatic rings. The highest BCUT2D eigenvalue weighted by Gasteiger charge is 2.06. The first-order valence-electron chi connectivity index (χ1n) is 4.73. The average Bonchev–Trinajstić information content (AvgIpc) is 2.87. The number of nitrogens with zero attached hydrogens (tertiary/aromatic N) is 1. The number of anilines is 1. The van der Waals surface area contributed by atoms with Crippen LogP contribution in [0.25, 0.3) is 0 Å². The molecule has 0 unspecified atom stereocenters. The zero-order valence-electron chi connectivity index (χ0n) is 8.47. The summed E-state index contributed by atoms with van der Waals surface area (Å²) in [5.41, 5.74) is 6.21. The monoisotopic (exact) mass is 253 g/mol. The third-order valence-electron chi connectivity index (χ3n) is 1.95. The number of thiophene rings is 1. The minimum atomic E-state index is -0.0290. The van der Waals surface area contributed by atoms with Crippen molar-refractivity contribution >= 4 is 33.7 Å². The van der Waals surface area contributed by atoms with Gasteiger partial charge in [-0.15, -0.1) is 22.7 Å². The third kappa shape index (κ3) is 3.04. The van der Waals surface area contributed by atoms with Gasteiger partial charge in [0.25, 0.3) is 0 Å². The second-order valence-electron chi connectivity index (χ2n) is 3.21. The van der Waals surface area contributed by atoms with E-state index < -0.39 is 0 Å². The summed E-state index contributed by atoms with van der Waals surface area (Å²) in [6.07, 6.45) is 0.291. The van der Waals surface area contributed by atoms with Crippen molar-refractivity contribution in [2.75, 3.05) is 5.73 Å². The number of nitrogens with two attached hydrogens (primary N) is 1. The minimum absolute atomic E-state index is 0.0290. The van der Waals surface area contributed by atoms with Gasteiger partial charge in [0.2, 0.25) is 5.91 Å². The molecule has 3 N–H and O–H groups in total. The topological polar surface area (TPSA) is 68.0 Å². The zero-order chi connectivity index (χ0) is 11.4. The van der Waals surface area contributed by atoms with Crippen molar-refractivity contribution in [3.05, 3.63) is 33.5 Å². The number of nitrogen functional groups attached to an aromatic ring is 1. The van der Waals surface area contributed by atoms with Crippen LogP contribution >= 0.6 is 22.7 Å². The van der Waals surface area contributed by atoms with Gasteiger partial charge in [-0.05, 0) is 11.4 Å². The standard InChI is InChI=1S/C10H11N3OS2/c11-10-13-7(6-16-10)4-9(14)12-5-8-2-1-3-15-8/h1-3,6H,4-5H2,(H2,11,13)(H,12,14). The number of carbonyl (C=O) groups excluding carboxylic acids is 1. The van der Waals surface area contributed by atoms with Gasteiger partial charge in [0.05, 0.1) is 18.7 Å². The van der Waals surface area contributed by atoms with Crippen LogP contribution in [0.4, 0.5) is 5.13 Å². The first kappa shape index (κ1) is 11.1. The smallest absolute Gasteiger partial charge is 0.226 e. The molecule has 1 amide bonds. The predicted octanol–water partition coefficient (Wildman–Crippen LogP) is 1.65. The Morgan fingerprint density at radius 3 is 3.00 bits per heavy atom. The van der Waals surface area contributed by atoms with Gasteiger partial charge in [0, 0.05) is 10.3 Å². The molecular formula is C10H11N3OS2. The maximum Gasteiger partial charge on any atom is 0.226 e. The van der Waals surface area contributed by atoms with Gasteiger partial charge in [-0.1, -0.05) is 6.07 Å². The lowest BCUT2D eigenvalue weighted by molar-refractivity contribution is -0.120. The fourth-order valence-corrected chi connectivity index (χ4v) is 2.44. The van der Waals surface area contributed by atoms with Crippen molar-refractivity contribution in [2.24, 2.45) is 0 Å². The molecule has 0 atom stereocenters. The summed E-state index contributed by atoms with van der Waals surface area (Å²) < 4.78 is 0. The van der Waals surface area contributed by atoms with Gasteiger partial charge in [-0.25, -0.2) is 4.98 Å². The Balaban J connectivity index is 1.81. The number of rotatable bonds is 4. The van der Waals surface area contributed by atoms with E-state index in [4.69, 9.17) is 5.73 Å². The Labute approximate surface area is 101 Å². The Hall–Kier alpha value is -1.40. The van der Waals surface area contributed by atoms with Crippen molar-refractivity contribution in [1.82, 2.24) is 10.3 Å². The number of aromatic nitrogens is 1. The first-order valence-corrected chi connectivity index (χ1v) is 6.49. The second-order valence-corrected chi connectivity index (χ2v) is 5.13. The number of amides is 1. The summed E-state index contributed by atoms with van der Waals surface area (Å²) in [6, 6.07) is 3.96. The third-order valence-corrected chi connectivity index (χ3v) is 3.55. The molecule has 0 saturated heterocycles. The molecule has 0 fully saturated rings. The Morgan fingerprint density at radius 1 is 1.50 bits per heavy atom. The molecule has 16 heavy (non-hydrogen) atoms. The molecule has 6 heteroatoms. The van der Waals surface area contributed by atoms with E-state index in [0.29, 0.717) is 18.1 Å². The number of nitrogens with one attached hydrogen (secondary N) is 1. The van der Waals surface area contributed by atoms with Crippen LogP contribution in [0.15, 0.2) is 22.9 Å². The molecule has 2 rings (SSSR count). The Kier molecular flexibility index (Phi) is 3.53. The molecule has 0 aromatic carbocycles. The van der Waals surface area contributed by atoms with E-state index in [1.165, 1.54) is 11.3 Å². The van der Waals surface area contributed by atoms with Crippen LogP contribution in [0.5, 0.6) is 0 Å². The van der Waals surface area contributed by atoms with Crippen LogP contribution < -0.4 is 11.1 Å². The van der Waals surface area contributed by atoms with E-state index in [1.54, 1.807) is 16.7 Å². The highest BCUT2D eigenvalue weighted by Crippen LogP contribution is 2.11. The van der Waals surface area contributed by atoms with Crippen molar-refractivity contribution in [1.29, 1.82) is 0 Å². The fourth-order valence-electron chi connectivity index (χ4n) is 1.23. The van der Waals surface area contributed by atoms with Gasteiger partial charge in [-0.2, -0.15) is 0 Å². The van der Waals surface area contributed by atoms with Gasteiger partial charge in [0.1, 0.15) is 0 Å². The lowest BCUT2D eigenvalue weighted by Gasteiger charge is -2.01. The molecule has 0 spiro atoms. The lowest BCUT2D eigenvalue weighted by Crippen LogP contribution is -2.24. The van der Waals surface area contributed by atoms with Gasteiger partial charge < -0.3 is 11.1 Å². The molecule has 0 saturated carbocycles. The summed E-state index contributed by atoms with van der Waals surface area (Å²) in [4.78, 5) is 16.7. The molecule has 2 heterocycles. The molecule has 0 aliphatic carbocycles. The van der Waals surface area contributed by atoms with Crippen molar-refractivity contribution in [3.8, 4) is 0 Å². The Bertz CT molecular complexity index is 464. The van der Waals surface area contributed by atoms with E-state index in [2.05, 4.69) is 10.3 Å². The molecule has 84 valence electrons.